The third-order valence-electron chi connectivity index (χ3n) is 3.55. The Balaban J connectivity index is 2.02. The lowest BCUT2D eigenvalue weighted by atomic mass is 10.1. The molecule has 0 amide bonds. The molecule has 7 heteroatoms. The fourth-order valence-electron chi connectivity index (χ4n) is 2.49. The number of ether oxygens (including phenoxy) is 2. The average molecular weight is 284 g/mol. The third kappa shape index (κ3) is 2.11. The summed E-state index contributed by atoms with van der Waals surface area (Å²) in [5, 5.41) is 0. The number of fused-ring (bicyclic) bond motifs is 1. The number of carbonyl (C=O) groups excluding carboxylic acids is 1. The molecule has 2 aliphatic rings. The Morgan fingerprint density at radius 1 is 1.40 bits per heavy atom. The van der Waals surface area contributed by atoms with Crippen molar-refractivity contribution in [2.24, 2.45) is 0 Å². The van der Waals surface area contributed by atoms with E-state index in [4.69, 9.17) is 9.47 Å². The van der Waals surface area contributed by atoms with Crippen molar-refractivity contribution in [2.45, 2.75) is 25.6 Å². The van der Waals surface area contributed by atoms with Gasteiger partial charge in [0.25, 0.3) is 0 Å². The van der Waals surface area contributed by atoms with Gasteiger partial charge in [-0.1, -0.05) is 0 Å². The minimum atomic E-state index is -1.56. The topological polar surface area (TPSA) is 51.7 Å². The van der Waals surface area contributed by atoms with Crippen LogP contribution in [-0.2, 0) is 22.7 Å². The van der Waals surface area contributed by atoms with Crippen LogP contribution in [0.2, 0.25) is 0 Å². The van der Waals surface area contributed by atoms with E-state index in [0.29, 0.717) is 18.9 Å². The van der Waals surface area contributed by atoms with Crippen LogP contribution < -0.4 is 4.90 Å². The third-order valence-corrected chi connectivity index (χ3v) is 3.55. The van der Waals surface area contributed by atoms with Crippen molar-refractivity contribution in [3.8, 4) is 0 Å². The SMILES string of the molecule is COC(=O)c1cc2c(nc1N1CC(F)C(F)C1)COC2. The molecule has 1 aromatic rings. The molecule has 5 nitrogen and oxygen atoms in total. The first kappa shape index (κ1) is 13.2. The highest BCUT2D eigenvalue weighted by Crippen LogP contribution is 2.30. The molecule has 0 saturated carbocycles. The maximum absolute atomic E-state index is 13.4. The minimum absolute atomic E-state index is 0.113. The quantitative estimate of drug-likeness (QED) is 0.768. The van der Waals surface area contributed by atoms with Gasteiger partial charge in [-0.2, -0.15) is 0 Å². The van der Waals surface area contributed by atoms with Crippen LogP contribution in [0, 0.1) is 0 Å². The average Bonchev–Trinajstić information content (AvgIpc) is 3.03. The fraction of sp³-hybridized carbons (Fsp3) is 0.538. The minimum Gasteiger partial charge on any atom is -0.465 e. The lowest BCUT2D eigenvalue weighted by Crippen LogP contribution is -2.25. The molecule has 108 valence electrons. The molecular formula is C13H14F2N2O3. The first-order chi connectivity index (χ1) is 9.60. The van der Waals surface area contributed by atoms with Gasteiger partial charge in [-0.3, -0.25) is 0 Å². The van der Waals surface area contributed by atoms with Gasteiger partial charge in [0.05, 0.1) is 39.1 Å². The van der Waals surface area contributed by atoms with Crippen LogP contribution in [-0.4, -0.2) is 43.5 Å². The summed E-state index contributed by atoms with van der Waals surface area (Å²) >= 11 is 0. The molecule has 0 radical (unpaired) electrons. The Morgan fingerprint density at radius 2 is 2.10 bits per heavy atom. The number of anilines is 1. The lowest BCUT2D eigenvalue weighted by molar-refractivity contribution is 0.0601. The first-order valence-electron chi connectivity index (χ1n) is 6.32. The maximum atomic E-state index is 13.4. The summed E-state index contributed by atoms with van der Waals surface area (Å²) in [5.41, 5.74) is 1.73. The molecule has 3 rings (SSSR count). The molecule has 1 saturated heterocycles. The zero-order valence-corrected chi connectivity index (χ0v) is 10.9. The van der Waals surface area contributed by atoms with Gasteiger partial charge in [0, 0.05) is 5.56 Å². The predicted molar refractivity (Wildman–Crippen MR) is 66.1 cm³/mol. The molecule has 0 spiro atoms. The monoisotopic (exact) mass is 284 g/mol. The van der Waals surface area contributed by atoms with Gasteiger partial charge in [0.1, 0.15) is 11.4 Å². The molecule has 20 heavy (non-hydrogen) atoms. The number of methoxy groups -OCH3 is 1. The number of alkyl halides is 2. The predicted octanol–water partition coefficient (Wildman–Crippen LogP) is 1.39. The van der Waals surface area contributed by atoms with Gasteiger partial charge in [0.2, 0.25) is 0 Å². The number of hydrogen-bond donors (Lipinski definition) is 0. The smallest absolute Gasteiger partial charge is 0.341 e. The summed E-state index contributed by atoms with van der Waals surface area (Å²) < 4.78 is 36.7. The number of aromatic nitrogens is 1. The summed E-state index contributed by atoms with van der Waals surface area (Å²) in [6.45, 7) is 0.495. The molecule has 0 N–H and O–H groups in total. The Hall–Kier alpha value is -1.76. The van der Waals surface area contributed by atoms with Crippen LogP contribution in [0.5, 0.6) is 0 Å². The summed E-state index contributed by atoms with van der Waals surface area (Å²) in [5.74, 6) is -0.302. The summed E-state index contributed by atoms with van der Waals surface area (Å²) in [6.07, 6.45) is -3.13. The largest absolute Gasteiger partial charge is 0.465 e. The van der Waals surface area contributed by atoms with Crippen molar-refractivity contribution in [3.63, 3.8) is 0 Å². The van der Waals surface area contributed by atoms with E-state index < -0.39 is 18.3 Å². The molecule has 1 aromatic heterocycles. The number of halogens is 2. The van der Waals surface area contributed by atoms with Crippen molar-refractivity contribution in [1.29, 1.82) is 0 Å². The van der Waals surface area contributed by atoms with Crippen LogP contribution in [0.1, 0.15) is 21.6 Å². The number of esters is 1. The van der Waals surface area contributed by atoms with Crippen LogP contribution in [0.15, 0.2) is 6.07 Å². The molecule has 0 bridgehead atoms. The molecule has 1 fully saturated rings. The van der Waals surface area contributed by atoms with E-state index in [1.165, 1.54) is 12.0 Å². The Morgan fingerprint density at radius 3 is 2.75 bits per heavy atom. The number of hydrogen-bond acceptors (Lipinski definition) is 5. The van der Waals surface area contributed by atoms with Gasteiger partial charge in [-0.25, -0.2) is 18.6 Å². The number of rotatable bonds is 2. The molecule has 2 aliphatic heterocycles. The van der Waals surface area contributed by atoms with Crippen molar-refractivity contribution in [1.82, 2.24) is 4.98 Å². The maximum Gasteiger partial charge on any atom is 0.341 e. The Kier molecular flexibility index (Phi) is 3.29. The van der Waals surface area contributed by atoms with Gasteiger partial charge >= 0.3 is 5.97 Å². The second-order valence-electron chi connectivity index (χ2n) is 4.89. The zero-order chi connectivity index (χ0) is 14.3. The summed E-state index contributed by atoms with van der Waals surface area (Å²) in [7, 11) is 1.26. The first-order valence-corrected chi connectivity index (χ1v) is 6.32. The van der Waals surface area contributed by atoms with Crippen molar-refractivity contribution >= 4 is 11.8 Å². The fourth-order valence-corrected chi connectivity index (χ4v) is 2.49. The van der Waals surface area contributed by atoms with Crippen LogP contribution in [0.4, 0.5) is 14.6 Å². The second kappa shape index (κ2) is 4.97. The molecule has 2 unspecified atom stereocenters. The number of carbonyl (C=O) groups is 1. The van der Waals surface area contributed by atoms with Gasteiger partial charge in [-0.05, 0) is 6.07 Å². The summed E-state index contributed by atoms with van der Waals surface area (Å²) in [4.78, 5) is 17.6. The van der Waals surface area contributed by atoms with E-state index >= 15 is 0 Å². The van der Waals surface area contributed by atoms with E-state index in [-0.39, 0.29) is 24.5 Å². The van der Waals surface area contributed by atoms with E-state index in [0.717, 1.165) is 5.56 Å². The van der Waals surface area contributed by atoms with Crippen LogP contribution in [0.3, 0.4) is 0 Å². The van der Waals surface area contributed by atoms with Crippen LogP contribution >= 0.6 is 0 Å². The lowest BCUT2D eigenvalue weighted by Gasteiger charge is -2.19. The van der Waals surface area contributed by atoms with E-state index in [1.807, 2.05) is 0 Å². The van der Waals surface area contributed by atoms with E-state index in [1.54, 1.807) is 6.07 Å². The summed E-state index contributed by atoms with van der Waals surface area (Å²) in [6, 6.07) is 1.63. The van der Waals surface area contributed by atoms with Gasteiger partial charge in [-0.15, -0.1) is 0 Å². The molecule has 3 heterocycles. The van der Waals surface area contributed by atoms with Crippen molar-refractivity contribution in [2.75, 3.05) is 25.1 Å². The highest BCUT2D eigenvalue weighted by atomic mass is 19.2. The second-order valence-corrected chi connectivity index (χ2v) is 4.89. The van der Waals surface area contributed by atoms with Crippen molar-refractivity contribution < 1.29 is 23.0 Å². The molecular weight excluding hydrogens is 270 g/mol. The highest BCUT2D eigenvalue weighted by Gasteiger charge is 2.36. The number of pyridine rings is 1. The normalized spacial score (nSPS) is 24.9. The molecule has 0 aromatic carbocycles. The van der Waals surface area contributed by atoms with E-state index in [2.05, 4.69) is 4.98 Å². The van der Waals surface area contributed by atoms with Gasteiger partial charge < -0.3 is 14.4 Å². The van der Waals surface area contributed by atoms with Gasteiger partial charge in [0.15, 0.2) is 12.3 Å². The zero-order valence-electron chi connectivity index (χ0n) is 10.9. The van der Waals surface area contributed by atoms with Crippen LogP contribution in [0.25, 0.3) is 0 Å². The Labute approximate surface area is 114 Å². The van der Waals surface area contributed by atoms with E-state index in [9.17, 15) is 13.6 Å². The Bertz CT molecular complexity index is 543. The number of nitrogens with zero attached hydrogens (tertiary/aromatic N) is 2. The molecule has 2 atom stereocenters. The van der Waals surface area contributed by atoms with Crippen molar-refractivity contribution in [3.05, 3.63) is 22.9 Å². The molecule has 0 aliphatic carbocycles. The standard InChI is InChI=1S/C13H14F2N2O3/c1-19-13(18)8-2-7-5-20-6-11(7)16-12(8)17-3-9(14)10(15)4-17/h2,9-10H,3-6H2,1H3. The highest BCUT2D eigenvalue weighted by molar-refractivity contribution is 5.95.